The van der Waals surface area contributed by atoms with Crippen LogP contribution < -0.4 is 5.32 Å². The Morgan fingerprint density at radius 2 is 1.83 bits per heavy atom. The minimum Gasteiger partial charge on any atom is -0.324 e. The van der Waals surface area contributed by atoms with Gasteiger partial charge in [-0.2, -0.15) is 0 Å². The summed E-state index contributed by atoms with van der Waals surface area (Å²) in [6.45, 7) is 3.87. The number of carbonyl (C=O) groups excluding carboxylic acids is 2. The Morgan fingerprint density at radius 1 is 1.14 bits per heavy atom. The summed E-state index contributed by atoms with van der Waals surface area (Å²) >= 11 is 6.56. The number of nitrogens with one attached hydrogen (secondary N) is 1. The Bertz CT molecular complexity index is 997. The number of carbonyl (C=O) groups is 2. The Hall–Kier alpha value is -2.70. The number of rotatable bonds is 6. The van der Waals surface area contributed by atoms with E-state index >= 15 is 0 Å². The van der Waals surface area contributed by atoms with Crippen LogP contribution in [0.4, 0.5) is 5.69 Å². The summed E-state index contributed by atoms with van der Waals surface area (Å²) in [7, 11) is 0. The average molecular weight is 423 g/mol. The van der Waals surface area contributed by atoms with E-state index in [0.29, 0.717) is 9.23 Å². The van der Waals surface area contributed by atoms with E-state index in [1.807, 2.05) is 80.6 Å². The Labute approximate surface area is 180 Å². The van der Waals surface area contributed by atoms with Crippen molar-refractivity contribution in [3.63, 3.8) is 0 Å². The fraction of sp³-hybridized carbons (Fsp3) is 0.174. The van der Waals surface area contributed by atoms with E-state index in [1.54, 1.807) is 0 Å². The van der Waals surface area contributed by atoms with Crippen molar-refractivity contribution in [1.82, 2.24) is 4.90 Å². The number of allylic oxidation sites excluding steroid dienone is 2. The molecule has 29 heavy (non-hydrogen) atoms. The SMILES string of the molecule is CCc1ccccc1NC(=O)CN1C(=O)/C(=C\C(C)=C\c2ccccc2)SC1=S. The van der Waals surface area contributed by atoms with E-state index in [2.05, 4.69) is 5.32 Å². The maximum absolute atomic E-state index is 12.8. The molecule has 1 aliphatic heterocycles. The standard InChI is InChI=1S/C23H22N2O2S2/c1-3-18-11-7-8-12-19(18)24-21(26)15-25-22(27)20(29-23(25)28)14-16(2)13-17-9-5-4-6-10-17/h4-14H,3,15H2,1-2H3,(H,24,26)/b16-13+,20-14+. The summed E-state index contributed by atoms with van der Waals surface area (Å²) < 4.78 is 0.396. The van der Waals surface area contributed by atoms with Crippen LogP contribution in [0.2, 0.25) is 0 Å². The third-order valence-electron chi connectivity index (χ3n) is 4.40. The first kappa shape index (κ1) is 21.0. The Morgan fingerprint density at radius 3 is 2.55 bits per heavy atom. The molecule has 0 unspecified atom stereocenters. The molecule has 6 heteroatoms. The molecule has 0 atom stereocenters. The van der Waals surface area contributed by atoms with Crippen LogP contribution in [0, 0.1) is 0 Å². The zero-order valence-electron chi connectivity index (χ0n) is 16.3. The second-order valence-corrected chi connectivity index (χ2v) is 8.30. The molecule has 0 aromatic heterocycles. The van der Waals surface area contributed by atoms with Crippen molar-refractivity contribution in [1.29, 1.82) is 0 Å². The molecule has 0 radical (unpaired) electrons. The number of amides is 2. The second kappa shape index (κ2) is 9.67. The van der Waals surface area contributed by atoms with Crippen LogP contribution in [-0.2, 0) is 16.0 Å². The smallest absolute Gasteiger partial charge is 0.266 e. The highest BCUT2D eigenvalue weighted by atomic mass is 32.2. The highest BCUT2D eigenvalue weighted by molar-refractivity contribution is 8.26. The monoisotopic (exact) mass is 422 g/mol. The van der Waals surface area contributed by atoms with Crippen molar-refractivity contribution in [2.45, 2.75) is 20.3 Å². The largest absolute Gasteiger partial charge is 0.324 e. The van der Waals surface area contributed by atoms with Crippen LogP contribution in [-0.4, -0.2) is 27.6 Å². The van der Waals surface area contributed by atoms with Gasteiger partial charge in [0.25, 0.3) is 5.91 Å². The lowest BCUT2D eigenvalue weighted by atomic mass is 10.1. The van der Waals surface area contributed by atoms with Gasteiger partial charge in [0.05, 0.1) is 4.91 Å². The predicted octanol–water partition coefficient (Wildman–Crippen LogP) is 5.04. The zero-order valence-corrected chi connectivity index (χ0v) is 18.0. The van der Waals surface area contributed by atoms with Crippen LogP contribution in [0.1, 0.15) is 25.0 Å². The van der Waals surface area contributed by atoms with Crippen LogP contribution >= 0.6 is 24.0 Å². The quantitative estimate of drug-likeness (QED) is 0.524. The maximum Gasteiger partial charge on any atom is 0.266 e. The van der Waals surface area contributed by atoms with Crippen molar-refractivity contribution in [2.75, 3.05) is 11.9 Å². The van der Waals surface area contributed by atoms with Crippen molar-refractivity contribution < 1.29 is 9.59 Å². The lowest BCUT2D eigenvalue weighted by Crippen LogP contribution is -2.36. The van der Waals surface area contributed by atoms with Crippen molar-refractivity contribution in [2.24, 2.45) is 0 Å². The minimum atomic E-state index is -0.264. The molecule has 1 N–H and O–H groups in total. The van der Waals surface area contributed by atoms with E-state index in [-0.39, 0.29) is 18.4 Å². The molecule has 0 bridgehead atoms. The molecular weight excluding hydrogens is 400 g/mol. The van der Waals surface area contributed by atoms with E-state index in [4.69, 9.17) is 12.2 Å². The third-order valence-corrected chi connectivity index (χ3v) is 5.78. The number of hydrogen-bond acceptors (Lipinski definition) is 4. The van der Waals surface area contributed by atoms with Gasteiger partial charge in [0.15, 0.2) is 0 Å². The molecule has 2 aromatic carbocycles. The molecule has 0 spiro atoms. The van der Waals surface area contributed by atoms with Gasteiger partial charge in [-0.15, -0.1) is 0 Å². The summed E-state index contributed by atoms with van der Waals surface area (Å²) in [5.41, 5.74) is 3.82. The zero-order chi connectivity index (χ0) is 20.8. The Balaban J connectivity index is 1.68. The lowest BCUT2D eigenvalue weighted by Gasteiger charge is -2.15. The fourth-order valence-corrected chi connectivity index (χ4v) is 4.29. The number of para-hydroxylation sites is 1. The van der Waals surface area contributed by atoms with E-state index in [1.165, 1.54) is 16.7 Å². The molecular formula is C23H22N2O2S2. The molecule has 148 valence electrons. The van der Waals surface area contributed by atoms with E-state index < -0.39 is 0 Å². The van der Waals surface area contributed by atoms with Gasteiger partial charge in [0.2, 0.25) is 5.91 Å². The average Bonchev–Trinajstić information content (AvgIpc) is 2.96. The predicted molar refractivity (Wildman–Crippen MR) is 125 cm³/mol. The van der Waals surface area contributed by atoms with Gasteiger partial charge in [-0.05, 0) is 42.2 Å². The number of thiocarbonyl (C=S) groups is 1. The third kappa shape index (κ3) is 5.43. The summed E-state index contributed by atoms with van der Waals surface area (Å²) in [4.78, 5) is 27.1. The first-order chi connectivity index (χ1) is 14.0. The fourth-order valence-electron chi connectivity index (χ4n) is 2.98. The molecule has 2 aromatic rings. The molecule has 3 rings (SSSR count). The number of benzene rings is 2. The first-order valence-corrected chi connectivity index (χ1v) is 10.6. The minimum absolute atomic E-state index is 0.0957. The van der Waals surface area contributed by atoms with Gasteiger partial charge in [-0.3, -0.25) is 14.5 Å². The first-order valence-electron chi connectivity index (χ1n) is 9.34. The Kier molecular flexibility index (Phi) is 7.01. The van der Waals surface area contributed by atoms with Gasteiger partial charge in [-0.1, -0.05) is 85.5 Å². The van der Waals surface area contributed by atoms with Gasteiger partial charge in [-0.25, -0.2) is 0 Å². The number of aryl methyl sites for hydroxylation is 1. The lowest BCUT2D eigenvalue weighted by molar-refractivity contribution is -0.126. The second-order valence-electron chi connectivity index (χ2n) is 6.63. The molecule has 2 amide bonds. The number of thioether (sulfide) groups is 1. The molecule has 1 fully saturated rings. The summed E-state index contributed by atoms with van der Waals surface area (Å²) in [5.74, 6) is -0.500. The highest BCUT2D eigenvalue weighted by Crippen LogP contribution is 2.32. The van der Waals surface area contributed by atoms with Gasteiger partial charge in [0, 0.05) is 5.69 Å². The summed E-state index contributed by atoms with van der Waals surface area (Å²) in [6.07, 6.45) is 4.63. The number of nitrogens with zero attached hydrogens (tertiary/aromatic N) is 1. The molecule has 1 heterocycles. The van der Waals surface area contributed by atoms with E-state index in [9.17, 15) is 9.59 Å². The maximum atomic E-state index is 12.8. The van der Waals surface area contributed by atoms with Gasteiger partial charge < -0.3 is 5.32 Å². The molecule has 1 aliphatic rings. The summed E-state index contributed by atoms with van der Waals surface area (Å²) in [6, 6.07) is 17.5. The number of anilines is 1. The summed E-state index contributed by atoms with van der Waals surface area (Å²) in [5, 5.41) is 2.89. The van der Waals surface area contributed by atoms with Gasteiger partial charge in [0.1, 0.15) is 10.9 Å². The molecule has 4 nitrogen and oxygen atoms in total. The van der Waals surface area contributed by atoms with Crippen molar-refractivity contribution in [3.8, 4) is 0 Å². The highest BCUT2D eigenvalue weighted by Gasteiger charge is 2.33. The van der Waals surface area contributed by atoms with Crippen molar-refractivity contribution in [3.05, 3.63) is 82.3 Å². The van der Waals surface area contributed by atoms with Crippen LogP contribution in [0.5, 0.6) is 0 Å². The molecule has 0 aliphatic carbocycles. The van der Waals surface area contributed by atoms with E-state index in [0.717, 1.165) is 28.8 Å². The molecule has 1 saturated heterocycles. The molecule has 0 saturated carbocycles. The topological polar surface area (TPSA) is 49.4 Å². The van der Waals surface area contributed by atoms with Gasteiger partial charge >= 0.3 is 0 Å². The van der Waals surface area contributed by atoms with Crippen LogP contribution in [0.25, 0.3) is 6.08 Å². The van der Waals surface area contributed by atoms with Crippen LogP contribution in [0.15, 0.2) is 71.2 Å². The normalized spacial score (nSPS) is 15.9. The number of hydrogen-bond donors (Lipinski definition) is 1. The van der Waals surface area contributed by atoms with Crippen molar-refractivity contribution >= 4 is 51.9 Å². The van der Waals surface area contributed by atoms with Crippen LogP contribution in [0.3, 0.4) is 0 Å².